The lowest BCUT2D eigenvalue weighted by Crippen LogP contribution is -2.19. The first-order valence-electron chi connectivity index (χ1n) is 3.64. The van der Waals surface area contributed by atoms with Crippen LogP contribution >= 0.6 is 11.6 Å². The topological polar surface area (TPSA) is 32.7 Å². The Balaban J connectivity index is 2.47. The van der Waals surface area contributed by atoms with E-state index in [1.54, 1.807) is 0 Å². The Hall–Kier alpha value is -0.570. The van der Waals surface area contributed by atoms with Crippen molar-refractivity contribution in [3.63, 3.8) is 0 Å². The van der Waals surface area contributed by atoms with Crippen LogP contribution in [0.5, 0.6) is 0 Å². The number of rotatable bonds is 2. The molecule has 3 nitrogen and oxygen atoms in total. The van der Waals surface area contributed by atoms with E-state index in [1.165, 1.54) is 11.9 Å². The number of alkyl halides is 1. The summed E-state index contributed by atoms with van der Waals surface area (Å²) < 4.78 is 0. The van der Waals surface area contributed by atoms with E-state index >= 15 is 0 Å². The number of nitrogens with zero attached hydrogens (tertiary/aromatic N) is 2. The van der Waals surface area contributed by atoms with Crippen molar-refractivity contribution in [1.29, 1.82) is 0 Å². The van der Waals surface area contributed by atoms with Crippen LogP contribution in [0, 0.1) is 0 Å². The van der Waals surface area contributed by atoms with Crippen molar-refractivity contribution >= 4 is 23.2 Å². The molecule has 0 N–H and O–H groups in total. The molecule has 0 atom stereocenters. The Morgan fingerprint density at radius 1 is 1.82 bits per heavy atom. The fourth-order valence-corrected chi connectivity index (χ4v) is 1.24. The number of hydrazone groups is 1. The number of halogens is 1. The molecule has 0 saturated heterocycles. The normalized spacial score (nSPS) is 16.9. The minimum absolute atomic E-state index is 0.00886. The van der Waals surface area contributed by atoms with Gasteiger partial charge in [0.1, 0.15) is 0 Å². The van der Waals surface area contributed by atoms with E-state index in [1.807, 2.05) is 0 Å². The Kier molecular flexibility index (Phi) is 2.88. The molecule has 0 aliphatic carbocycles. The lowest BCUT2D eigenvalue weighted by atomic mass is 10.2. The molecular formula is C7H11ClN2O. The third kappa shape index (κ3) is 2.19. The molecule has 4 heteroatoms. The third-order valence-corrected chi connectivity index (χ3v) is 1.81. The Morgan fingerprint density at radius 3 is 3.00 bits per heavy atom. The monoisotopic (exact) mass is 174 g/mol. The van der Waals surface area contributed by atoms with Crippen LogP contribution in [-0.2, 0) is 4.79 Å². The lowest BCUT2D eigenvalue weighted by molar-refractivity contribution is -0.128. The van der Waals surface area contributed by atoms with Gasteiger partial charge >= 0.3 is 0 Å². The molecule has 0 aromatic carbocycles. The molecule has 0 radical (unpaired) electrons. The second-order valence-corrected chi connectivity index (χ2v) is 2.88. The Morgan fingerprint density at radius 2 is 2.55 bits per heavy atom. The van der Waals surface area contributed by atoms with E-state index in [-0.39, 0.29) is 5.91 Å². The van der Waals surface area contributed by atoms with E-state index in [0.717, 1.165) is 25.1 Å². The highest BCUT2D eigenvalue weighted by molar-refractivity contribution is 6.19. The van der Waals surface area contributed by atoms with Gasteiger partial charge in [-0.15, -0.1) is 11.6 Å². The van der Waals surface area contributed by atoms with Gasteiger partial charge < -0.3 is 0 Å². The SMILES string of the molecule is CC(=O)N1CCC(CCCl)=N1. The van der Waals surface area contributed by atoms with Gasteiger partial charge in [-0.2, -0.15) is 5.10 Å². The van der Waals surface area contributed by atoms with Crippen molar-refractivity contribution in [3.05, 3.63) is 0 Å². The largest absolute Gasteiger partial charge is 0.273 e. The molecule has 62 valence electrons. The maximum absolute atomic E-state index is 10.8. The van der Waals surface area contributed by atoms with Gasteiger partial charge in [0.05, 0.1) is 0 Å². The van der Waals surface area contributed by atoms with Gasteiger partial charge in [0.15, 0.2) is 0 Å². The number of hydrogen-bond donors (Lipinski definition) is 0. The molecule has 1 aliphatic heterocycles. The first kappa shape index (κ1) is 8.53. The zero-order chi connectivity index (χ0) is 8.27. The maximum Gasteiger partial charge on any atom is 0.239 e. The lowest BCUT2D eigenvalue weighted by Gasteiger charge is -2.05. The van der Waals surface area contributed by atoms with Crippen LogP contribution in [0.3, 0.4) is 0 Å². The molecule has 0 saturated carbocycles. The van der Waals surface area contributed by atoms with E-state index < -0.39 is 0 Å². The van der Waals surface area contributed by atoms with Crippen LogP contribution in [-0.4, -0.2) is 29.1 Å². The van der Waals surface area contributed by atoms with E-state index in [9.17, 15) is 4.79 Å². The van der Waals surface area contributed by atoms with Gasteiger partial charge in [-0.25, -0.2) is 5.01 Å². The van der Waals surface area contributed by atoms with Crippen molar-refractivity contribution in [2.75, 3.05) is 12.4 Å². The van der Waals surface area contributed by atoms with Crippen LogP contribution in [0.2, 0.25) is 0 Å². The van der Waals surface area contributed by atoms with Crippen molar-refractivity contribution in [2.24, 2.45) is 5.10 Å². The van der Waals surface area contributed by atoms with Gasteiger partial charge in [0, 0.05) is 37.9 Å². The fraction of sp³-hybridized carbons (Fsp3) is 0.714. The summed E-state index contributed by atoms with van der Waals surface area (Å²) in [6.07, 6.45) is 1.68. The molecule has 1 heterocycles. The molecule has 0 aromatic heterocycles. The van der Waals surface area contributed by atoms with Crippen LogP contribution < -0.4 is 0 Å². The summed E-state index contributed by atoms with van der Waals surface area (Å²) in [5.41, 5.74) is 1.04. The summed E-state index contributed by atoms with van der Waals surface area (Å²) in [6, 6.07) is 0. The first-order valence-corrected chi connectivity index (χ1v) is 4.18. The maximum atomic E-state index is 10.8. The molecule has 11 heavy (non-hydrogen) atoms. The highest BCUT2D eigenvalue weighted by Gasteiger charge is 2.16. The zero-order valence-corrected chi connectivity index (χ0v) is 7.26. The van der Waals surface area contributed by atoms with Gasteiger partial charge in [0.25, 0.3) is 0 Å². The number of carbonyl (C=O) groups excluding carboxylic acids is 1. The van der Waals surface area contributed by atoms with Crippen LogP contribution in [0.4, 0.5) is 0 Å². The van der Waals surface area contributed by atoms with Gasteiger partial charge in [-0.05, 0) is 0 Å². The van der Waals surface area contributed by atoms with E-state index in [0.29, 0.717) is 5.88 Å². The van der Waals surface area contributed by atoms with Gasteiger partial charge in [-0.3, -0.25) is 4.79 Å². The predicted molar refractivity (Wildman–Crippen MR) is 44.8 cm³/mol. The van der Waals surface area contributed by atoms with E-state index in [2.05, 4.69) is 5.10 Å². The molecule has 1 aliphatic rings. The highest BCUT2D eigenvalue weighted by atomic mass is 35.5. The second kappa shape index (κ2) is 3.72. The van der Waals surface area contributed by atoms with Crippen LogP contribution in [0.1, 0.15) is 19.8 Å². The van der Waals surface area contributed by atoms with Crippen molar-refractivity contribution in [3.8, 4) is 0 Å². The Labute approximate surface area is 71.0 Å². The zero-order valence-electron chi connectivity index (χ0n) is 6.51. The summed E-state index contributed by atoms with van der Waals surface area (Å²) in [7, 11) is 0. The second-order valence-electron chi connectivity index (χ2n) is 2.50. The minimum atomic E-state index is 0.00886. The summed E-state index contributed by atoms with van der Waals surface area (Å²) >= 11 is 5.52. The summed E-state index contributed by atoms with van der Waals surface area (Å²) in [6.45, 7) is 2.24. The van der Waals surface area contributed by atoms with Crippen molar-refractivity contribution in [2.45, 2.75) is 19.8 Å². The van der Waals surface area contributed by atoms with Crippen LogP contribution in [0.25, 0.3) is 0 Å². The van der Waals surface area contributed by atoms with Crippen molar-refractivity contribution in [1.82, 2.24) is 5.01 Å². The van der Waals surface area contributed by atoms with Gasteiger partial charge in [-0.1, -0.05) is 0 Å². The average Bonchev–Trinajstić information content (AvgIpc) is 2.37. The van der Waals surface area contributed by atoms with Gasteiger partial charge in [0.2, 0.25) is 5.91 Å². The first-order chi connectivity index (χ1) is 5.24. The Bertz CT molecular complexity index is 191. The average molecular weight is 175 g/mol. The quantitative estimate of drug-likeness (QED) is 0.580. The molecule has 0 unspecified atom stereocenters. The van der Waals surface area contributed by atoms with Crippen molar-refractivity contribution < 1.29 is 4.79 Å². The molecule has 1 amide bonds. The number of amides is 1. The molecule has 1 rings (SSSR count). The standard InChI is InChI=1S/C7H11ClN2O/c1-6(11)10-5-3-7(9-10)2-4-8/h2-5H2,1H3. The summed E-state index contributed by atoms with van der Waals surface area (Å²) in [4.78, 5) is 10.8. The fourth-order valence-electron chi connectivity index (χ4n) is 1.02. The number of carbonyl (C=O) groups is 1. The van der Waals surface area contributed by atoms with Crippen LogP contribution in [0.15, 0.2) is 5.10 Å². The van der Waals surface area contributed by atoms with E-state index in [4.69, 9.17) is 11.6 Å². The highest BCUT2D eigenvalue weighted by Crippen LogP contribution is 2.08. The number of hydrogen-bond acceptors (Lipinski definition) is 2. The third-order valence-electron chi connectivity index (χ3n) is 1.62. The molecule has 0 aromatic rings. The summed E-state index contributed by atoms with van der Waals surface area (Å²) in [5, 5.41) is 5.58. The summed E-state index contributed by atoms with van der Waals surface area (Å²) in [5.74, 6) is 0.597. The smallest absolute Gasteiger partial charge is 0.239 e. The molecular weight excluding hydrogens is 164 g/mol. The molecule has 0 fully saturated rings. The predicted octanol–water partition coefficient (Wildman–Crippen LogP) is 1.22. The molecule has 0 spiro atoms. The minimum Gasteiger partial charge on any atom is -0.273 e. The molecule has 0 bridgehead atoms.